The molecule has 0 amide bonds. The van der Waals surface area contributed by atoms with Crippen LogP contribution < -0.4 is 0 Å². The minimum Gasteiger partial charge on any atom is -0.390 e. The number of rotatable bonds is 5. The zero-order chi connectivity index (χ0) is 16.5. The maximum absolute atomic E-state index is 9.60. The van der Waals surface area contributed by atoms with Gasteiger partial charge in [0, 0.05) is 0 Å². The van der Waals surface area contributed by atoms with Crippen molar-refractivity contribution >= 4 is 6.08 Å². The summed E-state index contributed by atoms with van der Waals surface area (Å²) in [4.78, 5) is 0. The minimum atomic E-state index is -0.565. The van der Waals surface area contributed by atoms with Crippen molar-refractivity contribution in [3.8, 4) is 0 Å². The zero-order valence-corrected chi connectivity index (χ0v) is 15.0. The second kappa shape index (κ2) is 9.78. The summed E-state index contributed by atoms with van der Waals surface area (Å²) in [5.74, 6) is 1.40. The molecule has 0 aromatic heterocycles. The summed E-state index contributed by atoms with van der Waals surface area (Å²) >= 11 is 0. The van der Waals surface area contributed by atoms with E-state index in [2.05, 4.69) is 71.0 Å². The van der Waals surface area contributed by atoms with Gasteiger partial charge in [-0.1, -0.05) is 71.0 Å². The topological polar surface area (TPSA) is 20.2 Å². The third kappa shape index (κ3) is 12.4. The Morgan fingerprint density at radius 1 is 1.10 bits per heavy atom. The lowest BCUT2D eigenvalue weighted by Crippen LogP contribution is -2.17. The summed E-state index contributed by atoms with van der Waals surface area (Å²) in [5.41, 5.74) is 2.05. The quantitative estimate of drug-likeness (QED) is 0.701. The molecule has 0 saturated heterocycles. The monoisotopic (exact) mass is 290 g/mol. The highest BCUT2D eigenvalue weighted by Gasteiger charge is 2.09. The van der Waals surface area contributed by atoms with E-state index in [-0.39, 0.29) is 0 Å². The van der Waals surface area contributed by atoms with Gasteiger partial charge in [-0.25, -0.2) is 0 Å². The van der Waals surface area contributed by atoms with E-state index in [1.54, 1.807) is 0 Å². The number of hydrogen-bond donors (Lipinski definition) is 1. The Labute approximate surface area is 132 Å². The van der Waals surface area contributed by atoms with Crippen molar-refractivity contribution in [3.05, 3.63) is 41.5 Å². The average molecular weight is 290 g/mol. The highest BCUT2D eigenvalue weighted by Crippen LogP contribution is 2.17. The number of aliphatic hydroxyl groups is 1. The van der Waals surface area contributed by atoms with Gasteiger partial charge in [-0.2, -0.15) is 0 Å². The smallest absolute Gasteiger partial charge is 0.0594 e. The molecule has 1 rings (SSSR count). The van der Waals surface area contributed by atoms with Crippen molar-refractivity contribution in [2.75, 3.05) is 0 Å². The van der Waals surface area contributed by atoms with Crippen molar-refractivity contribution < 1.29 is 5.11 Å². The van der Waals surface area contributed by atoms with Crippen LogP contribution in [-0.4, -0.2) is 10.7 Å². The van der Waals surface area contributed by atoms with Gasteiger partial charge in [0.1, 0.15) is 0 Å². The molecule has 0 bridgehead atoms. The van der Waals surface area contributed by atoms with Crippen LogP contribution in [0.4, 0.5) is 0 Å². The first-order chi connectivity index (χ1) is 9.61. The summed E-state index contributed by atoms with van der Waals surface area (Å²) in [5, 5.41) is 9.60. The summed E-state index contributed by atoms with van der Waals surface area (Å²) in [7, 11) is 0. The van der Waals surface area contributed by atoms with E-state index in [0.29, 0.717) is 5.92 Å². The summed E-state index contributed by atoms with van der Waals surface area (Å²) in [6, 6.07) is 8.61. The normalized spacial score (nSPS) is 11.9. The third-order valence-corrected chi connectivity index (χ3v) is 2.81. The van der Waals surface area contributed by atoms with Crippen molar-refractivity contribution in [3.63, 3.8) is 0 Å². The molecule has 0 fully saturated rings. The van der Waals surface area contributed by atoms with Crippen LogP contribution in [0.5, 0.6) is 0 Å². The van der Waals surface area contributed by atoms with E-state index in [4.69, 9.17) is 0 Å². The van der Waals surface area contributed by atoms with Gasteiger partial charge in [0.05, 0.1) is 5.60 Å². The van der Waals surface area contributed by atoms with Gasteiger partial charge in [0.15, 0.2) is 0 Å². The van der Waals surface area contributed by atoms with Crippen LogP contribution in [-0.2, 0) is 0 Å². The molecule has 0 aliphatic heterocycles. The van der Waals surface area contributed by atoms with Crippen LogP contribution in [0.1, 0.15) is 78.4 Å². The predicted octanol–water partition coefficient (Wildman–Crippen LogP) is 6.04. The van der Waals surface area contributed by atoms with Crippen molar-refractivity contribution in [1.82, 2.24) is 0 Å². The zero-order valence-electron chi connectivity index (χ0n) is 15.0. The molecule has 0 radical (unpaired) electrons. The Hall–Kier alpha value is -1.08. The summed E-state index contributed by atoms with van der Waals surface area (Å²) in [6.07, 6.45) is 5.98. The van der Waals surface area contributed by atoms with E-state index in [1.807, 2.05) is 13.8 Å². The van der Waals surface area contributed by atoms with E-state index in [9.17, 15) is 5.11 Å². The van der Waals surface area contributed by atoms with Crippen molar-refractivity contribution in [2.45, 2.75) is 72.8 Å². The fraction of sp³-hybridized carbons (Fsp3) is 0.600. The summed E-state index contributed by atoms with van der Waals surface area (Å²) in [6.45, 7) is 14.6. The Morgan fingerprint density at radius 3 is 2.14 bits per heavy atom. The van der Waals surface area contributed by atoms with Crippen LogP contribution in [0, 0.1) is 5.92 Å². The molecule has 0 saturated carbocycles. The van der Waals surface area contributed by atoms with E-state index < -0.39 is 5.60 Å². The summed E-state index contributed by atoms with van der Waals surface area (Å²) < 4.78 is 0. The van der Waals surface area contributed by atoms with Crippen molar-refractivity contribution in [1.29, 1.82) is 0 Å². The van der Waals surface area contributed by atoms with Crippen LogP contribution in [0.2, 0.25) is 0 Å². The maximum atomic E-state index is 9.60. The predicted molar refractivity (Wildman–Crippen MR) is 95.6 cm³/mol. The first-order valence-corrected chi connectivity index (χ1v) is 8.10. The van der Waals surface area contributed by atoms with Gasteiger partial charge in [-0.3, -0.25) is 0 Å². The average Bonchev–Trinajstić information content (AvgIpc) is 2.33. The molecule has 0 aliphatic carbocycles. The molecule has 0 spiro atoms. The number of allylic oxidation sites excluding steroid dienone is 1. The molecule has 1 nitrogen and oxygen atoms in total. The Morgan fingerprint density at radius 2 is 1.67 bits per heavy atom. The molecule has 0 aliphatic rings. The Kier molecular flexibility index (Phi) is 9.28. The Balaban J connectivity index is 0.000000885. The Bertz CT molecular complexity index is 405. The number of benzene rings is 1. The van der Waals surface area contributed by atoms with Crippen LogP contribution in [0.3, 0.4) is 0 Å². The fourth-order valence-electron chi connectivity index (χ4n) is 1.68. The third-order valence-electron chi connectivity index (χ3n) is 2.81. The van der Waals surface area contributed by atoms with E-state index in [0.717, 1.165) is 18.8 Å². The first kappa shape index (κ1) is 19.9. The van der Waals surface area contributed by atoms with Crippen molar-refractivity contribution in [2.24, 2.45) is 5.92 Å². The minimum absolute atomic E-state index is 0.565. The molecule has 21 heavy (non-hydrogen) atoms. The molecule has 120 valence electrons. The molecule has 1 aromatic carbocycles. The highest BCUT2D eigenvalue weighted by molar-refractivity contribution is 5.50. The SMILES string of the molecule is CC(C)C.CC(C)c1cccc(/C=C/CCC(C)(C)O)c1. The molecule has 1 aromatic rings. The van der Waals surface area contributed by atoms with Crippen LogP contribution in [0.25, 0.3) is 6.08 Å². The molecular formula is C20H34O. The van der Waals surface area contributed by atoms with Crippen LogP contribution >= 0.6 is 0 Å². The lowest BCUT2D eigenvalue weighted by Gasteiger charge is -2.14. The molecule has 0 unspecified atom stereocenters. The fourth-order valence-corrected chi connectivity index (χ4v) is 1.68. The second-order valence-electron chi connectivity index (χ2n) is 7.31. The lowest BCUT2D eigenvalue weighted by molar-refractivity contribution is 0.0722. The van der Waals surface area contributed by atoms with Crippen LogP contribution in [0.15, 0.2) is 30.3 Å². The maximum Gasteiger partial charge on any atom is 0.0594 e. The molecule has 0 heterocycles. The van der Waals surface area contributed by atoms with Gasteiger partial charge < -0.3 is 5.11 Å². The van der Waals surface area contributed by atoms with Gasteiger partial charge in [0.2, 0.25) is 0 Å². The standard InChI is InChI=1S/C16H24O.C4H10/c1-13(2)15-10-7-9-14(12-15)8-5-6-11-16(3,4)17;1-4(2)3/h5,7-10,12-13,17H,6,11H2,1-4H3;4H,1-3H3/b8-5+;. The molecule has 0 atom stereocenters. The lowest BCUT2D eigenvalue weighted by atomic mass is 10.00. The molecule has 1 N–H and O–H groups in total. The van der Waals surface area contributed by atoms with E-state index >= 15 is 0 Å². The van der Waals surface area contributed by atoms with E-state index in [1.165, 1.54) is 11.1 Å². The molecule has 1 heteroatoms. The van der Waals surface area contributed by atoms with Gasteiger partial charge in [0.25, 0.3) is 0 Å². The first-order valence-electron chi connectivity index (χ1n) is 8.10. The van der Waals surface area contributed by atoms with Gasteiger partial charge >= 0.3 is 0 Å². The second-order valence-corrected chi connectivity index (χ2v) is 7.31. The highest BCUT2D eigenvalue weighted by atomic mass is 16.3. The largest absolute Gasteiger partial charge is 0.390 e. The molecular weight excluding hydrogens is 256 g/mol. The number of hydrogen-bond acceptors (Lipinski definition) is 1. The van der Waals surface area contributed by atoms with Gasteiger partial charge in [-0.15, -0.1) is 0 Å². The van der Waals surface area contributed by atoms with Gasteiger partial charge in [-0.05, 0) is 49.7 Å².